The third-order valence-electron chi connectivity index (χ3n) is 3.43. The van der Waals surface area contributed by atoms with E-state index in [1.54, 1.807) is 30.2 Å². The van der Waals surface area contributed by atoms with Crippen LogP contribution >= 0.6 is 0 Å². The molecular formula is C15H20N2O4. The highest BCUT2D eigenvalue weighted by molar-refractivity contribution is 6.00. The SMILES string of the molecule is COCCN(C(=O)Nc1ccc(C)cc1C(=O)O)C1CC1. The van der Waals surface area contributed by atoms with Gasteiger partial charge in [0.1, 0.15) is 0 Å². The topological polar surface area (TPSA) is 78.9 Å². The summed E-state index contributed by atoms with van der Waals surface area (Å²) in [7, 11) is 1.59. The fourth-order valence-corrected chi connectivity index (χ4v) is 2.16. The quantitative estimate of drug-likeness (QED) is 0.843. The number of nitrogens with one attached hydrogen (secondary N) is 1. The van der Waals surface area contributed by atoms with E-state index in [-0.39, 0.29) is 17.6 Å². The maximum absolute atomic E-state index is 12.3. The molecule has 1 aromatic rings. The molecule has 1 aliphatic carbocycles. The van der Waals surface area contributed by atoms with E-state index in [0.29, 0.717) is 18.8 Å². The van der Waals surface area contributed by atoms with E-state index in [1.165, 1.54) is 0 Å². The van der Waals surface area contributed by atoms with Crippen LogP contribution in [0.4, 0.5) is 10.5 Å². The Morgan fingerprint density at radius 1 is 1.43 bits per heavy atom. The largest absolute Gasteiger partial charge is 0.478 e. The predicted molar refractivity (Wildman–Crippen MR) is 78.8 cm³/mol. The highest BCUT2D eigenvalue weighted by Crippen LogP contribution is 2.27. The number of ether oxygens (including phenoxy) is 1. The summed E-state index contributed by atoms with van der Waals surface area (Å²) in [6.45, 7) is 2.78. The first-order valence-electron chi connectivity index (χ1n) is 6.93. The lowest BCUT2D eigenvalue weighted by molar-refractivity contribution is 0.0698. The molecule has 1 aromatic carbocycles. The van der Waals surface area contributed by atoms with Crippen LogP contribution in [-0.2, 0) is 4.74 Å². The Morgan fingerprint density at radius 2 is 2.14 bits per heavy atom. The van der Waals surface area contributed by atoms with Crippen LogP contribution in [0, 0.1) is 6.92 Å². The van der Waals surface area contributed by atoms with E-state index in [0.717, 1.165) is 18.4 Å². The van der Waals surface area contributed by atoms with E-state index in [9.17, 15) is 14.7 Å². The summed E-state index contributed by atoms with van der Waals surface area (Å²) in [6, 6.07) is 4.91. The number of rotatable bonds is 6. The van der Waals surface area contributed by atoms with Crippen LogP contribution in [0.2, 0.25) is 0 Å². The molecule has 0 unspecified atom stereocenters. The van der Waals surface area contributed by atoms with Gasteiger partial charge in [-0.05, 0) is 31.9 Å². The Labute approximate surface area is 123 Å². The molecular weight excluding hydrogens is 272 g/mol. The maximum Gasteiger partial charge on any atom is 0.337 e. The van der Waals surface area contributed by atoms with Crippen LogP contribution in [0.3, 0.4) is 0 Å². The van der Waals surface area contributed by atoms with Crippen LogP contribution in [0.5, 0.6) is 0 Å². The Kier molecular flexibility index (Phi) is 4.80. The molecule has 1 aliphatic rings. The molecule has 2 N–H and O–H groups in total. The number of carbonyl (C=O) groups is 2. The van der Waals surface area contributed by atoms with Crippen LogP contribution in [0.1, 0.15) is 28.8 Å². The number of amides is 2. The van der Waals surface area contributed by atoms with E-state index >= 15 is 0 Å². The average Bonchev–Trinajstić information content (AvgIpc) is 3.25. The molecule has 21 heavy (non-hydrogen) atoms. The Bertz CT molecular complexity index is 540. The third kappa shape index (κ3) is 3.95. The monoisotopic (exact) mass is 292 g/mol. The highest BCUT2D eigenvalue weighted by atomic mass is 16.5. The summed E-state index contributed by atoms with van der Waals surface area (Å²) in [6.07, 6.45) is 1.97. The number of hydrogen-bond donors (Lipinski definition) is 2. The average molecular weight is 292 g/mol. The van der Waals surface area contributed by atoms with Crippen LogP contribution in [0.15, 0.2) is 18.2 Å². The van der Waals surface area contributed by atoms with Crippen molar-refractivity contribution in [3.8, 4) is 0 Å². The summed E-state index contributed by atoms with van der Waals surface area (Å²) < 4.78 is 5.01. The Morgan fingerprint density at radius 3 is 2.71 bits per heavy atom. The predicted octanol–water partition coefficient (Wildman–Crippen LogP) is 2.34. The van der Waals surface area contributed by atoms with Gasteiger partial charge in [0, 0.05) is 19.7 Å². The number of nitrogens with zero attached hydrogens (tertiary/aromatic N) is 1. The first-order chi connectivity index (χ1) is 10.0. The van der Waals surface area contributed by atoms with E-state index in [1.807, 2.05) is 6.92 Å². The number of carbonyl (C=O) groups excluding carboxylic acids is 1. The number of anilines is 1. The van der Waals surface area contributed by atoms with Gasteiger partial charge in [0.25, 0.3) is 0 Å². The lowest BCUT2D eigenvalue weighted by Crippen LogP contribution is -2.39. The first-order valence-corrected chi connectivity index (χ1v) is 6.93. The highest BCUT2D eigenvalue weighted by Gasteiger charge is 2.32. The number of methoxy groups -OCH3 is 1. The van der Waals surface area contributed by atoms with Gasteiger partial charge < -0.3 is 20.1 Å². The van der Waals surface area contributed by atoms with Crippen molar-refractivity contribution >= 4 is 17.7 Å². The molecule has 1 fully saturated rings. The molecule has 2 amide bonds. The Balaban J connectivity index is 2.12. The molecule has 0 atom stereocenters. The Hall–Kier alpha value is -2.08. The summed E-state index contributed by atoms with van der Waals surface area (Å²) >= 11 is 0. The normalized spacial score (nSPS) is 13.8. The molecule has 1 saturated carbocycles. The van der Waals surface area contributed by atoms with Crippen molar-refractivity contribution in [2.75, 3.05) is 25.6 Å². The molecule has 114 valence electrons. The molecule has 0 saturated heterocycles. The van der Waals surface area contributed by atoms with Gasteiger partial charge >= 0.3 is 12.0 Å². The summed E-state index contributed by atoms with van der Waals surface area (Å²) in [5.41, 5.74) is 1.26. The fourth-order valence-electron chi connectivity index (χ4n) is 2.16. The number of hydrogen-bond acceptors (Lipinski definition) is 3. The molecule has 6 nitrogen and oxygen atoms in total. The summed E-state index contributed by atoms with van der Waals surface area (Å²) in [5, 5.41) is 11.9. The molecule has 0 radical (unpaired) electrons. The number of aromatic carboxylic acids is 1. The number of carboxylic acid groups (broad SMARTS) is 1. The van der Waals surface area contributed by atoms with Gasteiger partial charge in [0.05, 0.1) is 17.9 Å². The van der Waals surface area contributed by atoms with Crippen molar-refractivity contribution in [2.24, 2.45) is 0 Å². The summed E-state index contributed by atoms with van der Waals surface area (Å²) in [5.74, 6) is -1.05. The van der Waals surface area contributed by atoms with Gasteiger partial charge in [-0.15, -0.1) is 0 Å². The first kappa shape index (κ1) is 15.3. The number of urea groups is 1. The minimum atomic E-state index is -1.05. The summed E-state index contributed by atoms with van der Waals surface area (Å²) in [4.78, 5) is 25.3. The van der Waals surface area contributed by atoms with Crippen LogP contribution in [0.25, 0.3) is 0 Å². The molecule has 6 heteroatoms. The molecule has 0 aromatic heterocycles. The van der Waals surface area contributed by atoms with Crippen molar-refractivity contribution in [1.29, 1.82) is 0 Å². The second-order valence-corrected chi connectivity index (χ2v) is 5.20. The van der Waals surface area contributed by atoms with Gasteiger partial charge in [0.2, 0.25) is 0 Å². The van der Waals surface area contributed by atoms with Gasteiger partial charge in [-0.25, -0.2) is 9.59 Å². The molecule has 0 aliphatic heterocycles. The second kappa shape index (κ2) is 6.58. The zero-order valence-corrected chi connectivity index (χ0v) is 12.3. The van der Waals surface area contributed by atoms with Gasteiger partial charge in [-0.3, -0.25) is 0 Å². The maximum atomic E-state index is 12.3. The number of aryl methyl sites for hydroxylation is 1. The van der Waals surface area contributed by atoms with E-state index in [4.69, 9.17) is 4.74 Å². The minimum Gasteiger partial charge on any atom is -0.478 e. The lowest BCUT2D eigenvalue weighted by atomic mass is 10.1. The van der Waals surface area contributed by atoms with Crippen molar-refractivity contribution in [3.63, 3.8) is 0 Å². The second-order valence-electron chi connectivity index (χ2n) is 5.20. The van der Waals surface area contributed by atoms with Gasteiger partial charge in [-0.1, -0.05) is 11.6 Å². The van der Waals surface area contributed by atoms with E-state index in [2.05, 4.69) is 5.32 Å². The van der Waals surface area contributed by atoms with Crippen molar-refractivity contribution < 1.29 is 19.4 Å². The molecule has 2 rings (SSSR count). The fraction of sp³-hybridized carbons (Fsp3) is 0.467. The standard InChI is InChI=1S/C15H20N2O4/c1-10-3-6-13(12(9-10)14(18)19)16-15(20)17(7-8-21-2)11-4-5-11/h3,6,9,11H,4-5,7-8H2,1-2H3,(H,16,20)(H,18,19). The zero-order valence-electron chi connectivity index (χ0n) is 12.3. The lowest BCUT2D eigenvalue weighted by Gasteiger charge is -2.23. The number of carboxylic acids is 1. The molecule has 0 spiro atoms. The molecule has 0 bridgehead atoms. The van der Waals surface area contributed by atoms with Gasteiger partial charge in [-0.2, -0.15) is 0 Å². The van der Waals surface area contributed by atoms with Crippen molar-refractivity contribution in [1.82, 2.24) is 4.90 Å². The zero-order chi connectivity index (χ0) is 15.4. The van der Waals surface area contributed by atoms with E-state index < -0.39 is 5.97 Å². The number of benzene rings is 1. The van der Waals surface area contributed by atoms with Gasteiger partial charge in [0.15, 0.2) is 0 Å². The van der Waals surface area contributed by atoms with Crippen molar-refractivity contribution in [2.45, 2.75) is 25.8 Å². The third-order valence-corrected chi connectivity index (χ3v) is 3.43. The van der Waals surface area contributed by atoms with Crippen LogP contribution < -0.4 is 5.32 Å². The van der Waals surface area contributed by atoms with Crippen LogP contribution in [-0.4, -0.2) is 48.3 Å². The smallest absolute Gasteiger partial charge is 0.337 e. The molecule has 0 heterocycles. The van der Waals surface area contributed by atoms with Crippen molar-refractivity contribution in [3.05, 3.63) is 29.3 Å². The minimum absolute atomic E-state index is 0.103.